The Morgan fingerprint density at radius 1 is 1.19 bits per heavy atom. The van der Waals surface area contributed by atoms with Crippen LogP contribution in [-0.2, 0) is 16.1 Å². The van der Waals surface area contributed by atoms with Gasteiger partial charge in [0.15, 0.2) is 6.61 Å². The second-order valence-corrected chi connectivity index (χ2v) is 9.11. The normalized spacial score (nSPS) is 14.8. The third kappa shape index (κ3) is 6.71. The summed E-state index contributed by atoms with van der Waals surface area (Å²) in [4.78, 5) is 27.9. The van der Waals surface area contributed by atoms with Crippen molar-refractivity contribution >= 4 is 39.3 Å². The highest BCUT2D eigenvalue weighted by Gasteiger charge is 2.30. The minimum Gasteiger partial charge on any atom is -0.482 e. The van der Waals surface area contributed by atoms with E-state index in [0.29, 0.717) is 23.7 Å². The van der Waals surface area contributed by atoms with Crippen LogP contribution in [0.2, 0.25) is 5.02 Å². The minimum atomic E-state index is -0.558. The highest BCUT2D eigenvalue weighted by Crippen LogP contribution is 2.28. The van der Waals surface area contributed by atoms with Gasteiger partial charge in [0.1, 0.15) is 11.8 Å². The van der Waals surface area contributed by atoms with E-state index in [4.69, 9.17) is 16.3 Å². The fraction of sp³-hybridized carbons (Fsp3) is 0.417. The Hall–Kier alpha value is -2.05. The molecule has 0 unspecified atom stereocenters. The van der Waals surface area contributed by atoms with Crippen LogP contribution in [-0.4, -0.2) is 35.4 Å². The SMILES string of the molecule is CC[C@H](C(=O)NC1CCCC1)N(Cc1ccccc1)C(=O)COc1ccc(Br)cc1Cl. The molecule has 0 radical (unpaired) electrons. The maximum atomic E-state index is 13.2. The number of hydrogen-bond donors (Lipinski definition) is 1. The second-order valence-electron chi connectivity index (χ2n) is 7.78. The van der Waals surface area contributed by atoms with E-state index >= 15 is 0 Å². The number of amides is 2. The smallest absolute Gasteiger partial charge is 0.261 e. The first-order valence-corrected chi connectivity index (χ1v) is 11.9. The van der Waals surface area contributed by atoms with Crippen LogP contribution in [0.3, 0.4) is 0 Å². The molecule has 1 saturated carbocycles. The highest BCUT2D eigenvalue weighted by molar-refractivity contribution is 9.10. The maximum Gasteiger partial charge on any atom is 0.261 e. The second kappa shape index (κ2) is 11.5. The topological polar surface area (TPSA) is 58.6 Å². The third-order valence-corrected chi connectivity index (χ3v) is 6.32. The molecule has 0 aromatic heterocycles. The molecule has 1 aliphatic rings. The molecule has 5 nitrogen and oxygen atoms in total. The molecule has 1 fully saturated rings. The van der Waals surface area contributed by atoms with Crippen molar-refractivity contribution in [1.82, 2.24) is 10.2 Å². The lowest BCUT2D eigenvalue weighted by Crippen LogP contribution is -2.52. The fourth-order valence-electron chi connectivity index (χ4n) is 3.88. The number of benzene rings is 2. The Morgan fingerprint density at radius 2 is 1.90 bits per heavy atom. The molecule has 1 aliphatic carbocycles. The third-order valence-electron chi connectivity index (χ3n) is 5.53. The van der Waals surface area contributed by atoms with Crippen LogP contribution >= 0.6 is 27.5 Å². The van der Waals surface area contributed by atoms with Crippen LogP contribution in [0.25, 0.3) is 0 Å². The fourth-order valence-corrected chi connectivity index (χ4v) is 4.61. The summed E-state index contributed by atoms with van der Waals surface area (Å²) < 4.78 is 6.53. The van der Waals surface area contributed by atoms with Crippen LogP contribution in [0.15, 0.2) is 53.0 Å². The predicted octanol–water partition coefficient (Wildman–Crippen LogP) is 5.35. The van der Waals surface area contributed by atoms with E-state index in [-0.39, 0.29) is 24.5 Å². The molecule has 0 spiro atoms. The number of nitrogens with zero attached hydrogens (tertiary/aromatic N) is 1. The van der Waals surface area contributed by atoms with Crippen LogP contribution in [0.5, 0.6) is 5.75 Å². The molecule has 1 N–H and O–H groups in total. The summed E-state index contributed by atoms with van der Waals surface area (Å²) in [6.45, 7) is 2.08. The molecule has 0 heterocycles. The summed E-state index contributed by atoms with van der Waals surface area (Å²) in [5, 5.41) is 3.56. The van der Waals surface area contributed by atoms with Crippen molar-refractivity contribution in [2.75, 3.05) is 6.61 Å². The van der Waals surface area contributed by atoms with Crippen molar-refractivity contribution in [3.8, 4) is 5.75 Å². The molecule has 2 aromatic rings. The predicted molar refractivity (Wildman–Crippen MR) is 126 cm³/mol. The van der Waals surface area contributed by atoms with E-state index in [1.54, 1.807) is 23.1 Å². The summed E-state index contributed by atoms with van der Waals surface area (Å²) in [7, 11) is 0. The van der Waals surface area contributed by atoms with Gasteiger partial charge in [-0.15, -0.1) is 0 Å². The summed E-state index contributed by atoms with van der Waals surface area (Å²) in [6.07, 6.45) is 4.79. The Balaban J connectivity index is 1.74. The van der Waals surface area contributed by atoms with Gasteiger partial charge in [-0.05, 0) is 43.0 Å². The lowest BCUT2D eigenvalue weighted by Gasteiger charge is -2.31. The largest absolute Gasteiger partial charge is 0.482 e. The van der Waals surface area contributed by atoms with Crippen LogP contribution in [0.1, 0.15) is 44.6 Å². The maximum absolute atomic E-state index is 13.2. The Kier molecular flexibility index (Phi) is 8.79. The standard InChI is InChI=1S/C24H28BrClN2O3/c1-2-21(24(30)27-19-10-6-7-11-19)28(15-17-8-4-3-5-9-17)23(29)16-31-22-13-12-18(25)14-20(22)26/h3-5,8-9,12-14,19,21H,2,6-7,10-11,15-16H2,1H3,(H,27,30)/t21-/m1/s1. The zero-order valence-corrected chi connectivity index (χ0v) is 20.0. The van der Waals surface area contributed by atoms with Crippen LogP contribution in [0.4, 0.5) is 0 Å². The van der Waals surface area contributed by atoms with Gasteiger partial charge < -0.3 is 15.0 Å². The van der Waals surface area contributed by atoms with Gasteiger partial charge in [-0.2, -0.15) is 0 Å². The van der Waals surface area contributed by atoms with E-state index in [0.717, 1.165) is 35.7 Å². The molecule has 166 valence electrons. The molecule has 0 aliphatic heterocycles. The van der Waals surface area contributed by atoms with Gasteiger partial charge in [0.25, 0.3) is 5.91 Å². The van der Waals surface area contributed by atoms with Crippen molar-refractivity contribution in [2.24, 2.45) is 0 Å². The molecular weight excluding hydrogens is 480 g/mol. The van der Waals surface area contributed by atoms with Gasteiger partial charge in [-0.3, -0.25) is 9.59 Å². The van der Waals surface area contributed by atoms with Gasteiger partial charge in [-0.1, -0.05) is 77.6 Å². The zero-order chi connectivity index (χ0) is 22.2. The number of carbonyl (C=O) groups is 2. The number of nitrogens with one attached hydrogen (secondary N) is 1. The number of hydrogen-bond acceptors (Lipinski definition) is 3. The lowest BCUT2D eigenvalue weighted by atomic mass is 10.1. The van der Waals surface area contributed by atoms with Crippen molar-refractivity contribution < 1.29 is 14.3 Å². The van der Waals surface area contributed by atoms with Crippen LogP contribution in [0, 0.1) is 0 Å². The summed E-state index contributed by atoms with van der Waals surface area (Å²) in [5.41, 5.74) is 0.963. The van der Waals surface area contributed by atoms with E-state index in [1.165, 1.54) is 0 Å². The number of halogens is 2. The average Bonchev–Trinajstić information content (AvgIpc) is 3.26. The van der Waals surface area contributed by atoms with Gasteiger partial charge in [0.2, 0.25) is 5.91 Å². The van der Waals surface area contributed by atoms with E-state index < -0.39 is 6.04 Å². The van der Waals surface area contributed by atoms with Crippen molar-refractivity contribution in [3.63, 3.8) is 0 Å². The van der Waals surface area contributed by atoms with Gasteiger partial charge >= 0.3 is 0 Å². The van der Waals surface area contributed by atoms with Crippen LogP contribution < -0.4 is 10.1 Å². The molecule has 0 bridgehead atoms. The molecular formula is C24H28BrClN2O3. The van der Waals surface area contributed by atoms with Crippen molar-refractivity contribution in [2.45, 2.75) is 57.7 Å². The lowest BCUT2D eigenvalue weighted by molar-refractivity contribution is -0.143. The number of carbonyl (C=O) groups excluding carboxylic acids is 2. The minimum absolute atomic E-state index is 0.0969. The quantitative estimate of drug-likeness (QED) is 0.498. The summed E-state index contributed by atoms with van der Waals surface area (Å²) >= 11 is 9.57. The molecule has 31 heavy (non-hydrogen) atoms. The van der Waals surface area contributed by atoms with Gasteiger partial charge in [-0.25, -0.2) is 0 Å². The van der Waals surface area contributed by atoms with E-state index in [1.807, 2.05) is 37.3 Å². The molecule has 2 amide bonds. The van der Waals surface area contributed by atoms with E-state index in [2.05, 4.69) is 21.2 Å². The molecule has 7 heteroatoms. The first-order chi connectivity index (χ1) is 15.0. The van der Waals surface area contributed by atoms with Crippen molar-refractivity contribution in [1.29, 1.82) is 0 Å². The van der Waals surface area contributed by atoms with Gasteiger partial charge in [0.05, 0.1) is 5.02 Å². The van der Waals surface area contributed by atoms with Gasteiger partial charge in [0, 0.05) is 17.1 Å². The number of rotatable bonds is 9. The first kappa shape index (κ1) is 23.6. The molecule has 0 saturated heterocycles. The Labute approximate surface area is 197 Å². The summed E-state index contributed by atoms with van der Waals surface area (Å²) in [5.74, 6) is 0.0814. The monoisotopic (exact) mass is 506 g/mol. The highest BCUT2D eigenvalue weighted by atomic mass is 79.9. The molecule has 1 atom stereocenters. The zero-order valence-electron chi connectivity index (χ0n) is 17.7. The number of ether oxygens (including phenoxy) is 1. The summed E-state index contributed by atoms with van der Waals surface area (Å²) in [6, 6.07) is 14.6. The first-order valence-electron chi connectivity index (χ1n) is 10.7. The van der Waals surface area contributed by atoms with Crippen molar-refractivity contribution in [3.05, 3.63) is 63.6 Å². The Bertz CT molecular complexity index is 888. The average molecular weight is 508 g/mol. The van der Waals surface area contributed by atoms with E-state index in [9.17, 15) is 9.59 Å². The Morgan fingerprint density at radius 3 is 2.55 bits per heavy atom. The molecule has 2 aromatic carbocycles. The molecule has 3 rings (SSSR count).